The van der Waals surface area contributed by atoms with Gasteiger partial charge >= 0.3 is 0 Å². The van der Waals surface area contributed by atoms with Crippen LogP contribution in [0.15, 0.2) is 24.3 Å². The van der Waals surface area contributed by atoms with Crippen LogP contribution in [0.2, 0.25) is 0 Å². The maximum atomic E-state index is 5.94. The van der Waals surface area contributed by atoms with Gasteiger partial charge in [0.2, 0.25) is 0 Å². The first-order valence-corrected chi connectivity index (χ1v) is 15.5. The minimum Gasteiger partial charge on any atom is -0.381 e. The van der Waals surface area contributed by atoms with Crippen molar-refractivity contribution >= 4 is 0 Å². The molecule has 0 aliphatic carbocycles. The zero-order chi connectivity index (χ0) is 25.1. The second kappa shape index (κ2) is 25.0. The fourth-order valence-electron chi connectivity index (χ4n) is 4.91. The summed E-state index contributed by atoms with van der Waals surface area (Å²) in [5.74, 6) is 0. The third-order valence-corrected chi connectivity index (χ3v) is 7.37. The highest BCUT2D eigenvalue weighted by Crippen LogP contribution is 2.33. The van der Waals surface area contributed by atoms with Crippen molar-refractivity contribution in [3.8, 4) is 0 Å². The molecule has 1 fully saturated rings. The summed E-state index contributed by atoms with van der Waals surface area (Å²) < 4.78 is 11.7. The average Bonchev–Trinajstić information content (AvgIpc) is 2.84. The van der Waals surface area contributed by atoms with Crippen LogP contribution in [0.4, 0.5) is 0 Å². The summed E-state index contributed by atoms with van der Waals surface area (Å²) in [5, 5.41) is 3.50. The molecule has 0 spiro atoms. The van der Waals surface area contributed by atoms with E-state index in [1.54, 1.807) is 0 Å². The predicted octanol–water partition coefficient (Wildman–Crippen LogP) is 9.17. The van der Waals surface area contributed by atoms with Crippen molar-refractivity contribution in [2.24, 2.45) is 5.41 Å². The molecule has 1 N–H and O–H groups in total. The number of nitrogens with one attached hydrogen (secondary N) is 1. The van der Waals surface area contributed by atoms with E-state index < -0.39 is 0 Å². The predicted molar refractivity (Wildman–Crippen MR) is 154 cm³/mol. The molecule has 3 heteroatoms. The van der Waals surface area contributed by atoms with E-state index in [-0.39, 0.29) is 0 Å². The van der Waals surface area contributed by atoms with Crippen LogP contribution in [-0.4, -0.2) is 39.5 Å². The number of unbranched alkanes of at least 4 members (excludes halogenated alkanes) is 11. The maximum Gasteiger partial charge on any atom is 0.0466 e. The van der Waals surface area contributed by atoms with E-state index in [2.05, 4.69) is 43.5 Å². The number of ether oxygens (including phenoxy) is 2. The summed E-state index contributed by atoms with van der Waals surface area (Å²) in [5.41, 5.74) is 0.524. The molecule has 206 valence electrons. The summed E-state index contributed by atoms with van der Waals surface area (Å²) in [6, 6.07) is 0. The Hall–Kier alpha value is -0.640. The Morgan fingerprint density at radius 2 is 1.00 bits per heavy atom. The second-order valence-corrected chi connectivity index (χ2v) is 10.8. The lowest BCUT2D eigenvalue weighted by molar-refractivity contribution is 0.0711. The van der Waals surface area contributed by atoms with Crippen molar-refractivity contribution in [2.75, 3.05) is 39.5 Å². The lowest BCUT2D eigenvalue weighted by Gasteiger charge is -2.43. The van der Waals surface area contributed by atoms with Crippen LogP contribution in [0.1, 0.15) is 136 Å². The third kappa shape index (κ3) is 20.1. The minimum atomic E-state index is 0.524. The van der Waals surface area contributed by atoms with E-state index >= 15 is 0 Å². The third-order valence-electron chi connectivity index (χ3n) is 7.37. The lowest BCUT2D eigenvalue weighted by atomic mass is 9.74. The van der Waals surface area contributed by atoms with E-state index in [0.29, 0.717) is 5.41 Å². The van der Waals surface area contributed by atoms with Gasteiger partial charge in [-0.05, 0) is 76.0 Å². The van der Waals surface area contributed by atoms with Gasteiger partial charge in [0.25, 0.3) is 0 Å². The molecule has 0 atom stereocenters. The average molecular weight is 492 g/mol. The van der Waals surface area contributed by atoms with E-state index in [1.165, 1.54) is 129 Å². The highest BCUT2D eigenvalue weighted by molar-refractivity contribution is 4.93. The SMILES string of the molecule is CCCCC/C=C\C/C=C\CCCCCCCCOCCCC1(CCCOCCCCC)CNC1. The Balaban J connectivity index is 1.81. The van der Waals surface area contributed by atoms with Gasteiger partial charge in [-0.1, -0.05) is 89.5 Å². The molecule has 35 heavy (non-hydrogen) atoms. The first kappa shape index (κ1) is 32.4. The van der Waals surface area contributed by atoms with E-state index in [4.69, 9.17) is 9.47 Å². The van der Waals surface area contributed by atoms with Gasteiger partial charge in [-0.3, -0.25) is 0 Å². The number of hydrogen-bond acceptors (Lipinski definition) is 3. The topological polar surface area (TPSA) is 30.5 Å². The molecule has 0 bridgehead atoms. The molecule has 0 unspecified atom stereocenters. The first-order chi connectivity index (χ1) is 17.3. The summed E-state index contributed by atoms with van der Waals surface area (Å²) in [6.45, 7) is 10.7. The number of hydrogen-bond donors (Lipinski definition) is 1. The second-order valence-electron chi connectivity index (χ2n) is 10.8. The van der Waals surface area contributed by atoms with Gasteiger partial charge in [0, 0.05) is 39.5 Å². The van der Waals surface area contributed by atoms with Gasteiger partial charge in [0.1, 0.15) is 0 Å². The van der Waals surface area contributed by atoms with Gasteiger partial charge in [0.15, 0.2) is 0 Å². The van der Waals surface area contributed by atoms with Crippen molar-refractivity contribution in [3.05, 3.63) is 24.3 Å². The molecule has 0 amide bonds. The van der Waals surface area contributed by atoms with E-state index in [9.17, 15) is 0 Å². The molecule has 1 aliphatic rings. The van der Waals surface area contributed by atoms with Crippen LogP contribution in [-0.2, 0) is 9.47 Å². The van der Waals surface area contributed by atoms with Gasteiger partial charge in [-0.2, -0.15) is 0 Å². The highest BCUT2D eigenvalue weighted by Gasteiger charge is 2.35. The van der Waals surface area contributed by atoms with Crippen LogP contribution >= 0.6 is 0 Å². The van der Waals surface area contributed by atoms with Crippen LogP contribution in [0.25, 0.3) is 0 Å². The van der Waals surface area contributed by atoms with Crippen LogP contribution in [0.3, 0.4) is 0 Å². The summed E-state index contributed by atoms with van der Waals surface area (Å²) >= 11 is 0. The standard InChI is InChI=1S/C32H61NO2/c1-3-5-7-8-9-10-11-12-13-14-15-16-17-18-19-21-27-35-29-23-25-32(30-33-31-32)24-22-28-34-26-20-6-4-2/h9-10,12-13,33H,3-8,11,14-31H2,1-2H3/b10-9-,13-12-. The quantitative estimate of drug-likeness (QED) is 0.0917. The molecule has 0 aromatic carbocycles. The number of allylic oxidation sites excluding steroid dienone is 4. The molecular formula is C32H61NO2. The van der Waals surface area contributed by atoms with E-state index in [1.807, 2.05) is 0 Å². The number of rotatable bonds is 27. The van der Waals surface area contributed by atoms with Crippen LogP contribution in [0.5, 0.6) is 0 Å². The molecule has 0 aromatic rings. The molecule has 0 aromatic heterocycles. The van der Waals surface area contributed by atoms with Crippen LogP contribution in [0, 0.1) is 5.41 Å². The molecule has 3 nitrogen and oxygen atoms in total. The van der Waals surface area contributed by atoms with Gasteiger partial charge < -0.3 is 14.8 Å². The minimum absolute atomic E-state index is 0.524. The Morgan fingerprint density at radius 3 is 1.54 bits per heavy atom. The Labute approximate surface area is 219 Å². The first-order valence-electron chi connectivity index (χ1n) is 15.5. The van der Waals surface area contributed by atoms with Gasteiger partial charge in [-0.15, -0.1) is 0 Å². The smallest absolute Gasteiger partial charge is 0.0466 e. The molecule has 1 saturated heterocycles. The largest absolute Gasteiger partial charge is 0.381 e. The van der Waals surface area contributed by atoms with Crippen molar-refractivity contribution < 1.29 is 9.47 Å². The zero-order valence-corrected chi connectivity index (χ0v) is 23.8. The molecule has 1 heterocycles. The highest BCUT2D eigenvalue weighted by atomic mass is 16.5. The zero-order valence-electron chi connectivity index (χ0n) is 23.8. The van der Waals surface area contributed by atoms with Gasteiger partial charge in [-0.25, -0.2) is 0 Å². The molecule has 0 saturated carbocycles. The molecular weight excluding hydrogens is 430 g/mol. The molecule has 0 radical (unpaired) electrons. The summed E-state index contributed by atoms with van der Waals surface area (Å²) in [7, 11) is 0. The van der Waals surface area contributed by atoms with Crippen molar-refractivity contribution in [3.63, 3.8) is 0 Å². The summed E-state index contributed by atoms with van der Waals surface area (Å²) in [6.07, 6.45) is 33.8. The monoisotopic (exact) mass is 491 g/mol. The van der Waals surface area contributed by atoms with Crippen molar-refractivity contribution in [1.82, 2.24) is 5.32 Å². The lowest BCUT2D eigenvalue weighted by Crippen LogP contribution is -2.53. The molecule has 1 rings (SSSR count). The van der Waals surface area contributed by atoms with Crippen LogP contribution < -0.4 is 5.32 Å². The van der Waals surface area contributed by atoms with Gasteiger partial charge in [0.05, 0.1) is 0 Å². The normalized spacial score (nSPS) is 15.4. The Bertz CT molecular complexity index is 484. The fourth-order valence-corrected chi connectivity index (χ4v) is 4.91. The maximum absolute atomic E-state index is 5.94. The summed E-state index contributed by atoms with van der Waals surface area (Å²) in [4.78, 5) is 0. The Kier molecular flexibility index (Phi) is 23.2. The van der Waals surface area contributed by atoms with Crippen molar-refractivity contribution in [2.45, 2.75) is 136 Å². The fraction of sp³-hybridized carbons (Fsp3) is 0.875. The Morgan fingerprint density at radius 1 is 0.543 bits per heavy atom. The van der Waals surface area contributed by atoms with Crippen molar-refractivity contribution in [1.29, 1.82) is 0 Å². The van der Waals surface area contributed by atoms with E-state index in [0.717, 1.165) is 32.8 Å². The molecule has 1 aliphatic heterocycles.